The van der Waals surface area contributed by atoms with Crippen LogP contribution in [0.25, 0.3) is 0 Å². The summed E-state index contributed by atoms with van der Waals surface area (Å²) in [4.78, 5) is 9.53. The Balaban J connectivity index is 2.29. The normalized spacial score (nSPS) is 12.0. The molecule has 2 aromatic rings. The summed E-state index contributed by atoms with van der Waals surface area (Å²) in [6.07, 6.45) is -4.99. The van der Waals surface area contributed by atoms with Gasteiger partial charge in [-0.25, -0.2) is 8.42 Å². The number of benzene rings is 2. The molecule has 0 spiro atoms. The number of aryl methyl sites for hydroxylation is 1. The van der Waals surface area contributed by atoms with Gasteiger partial charge in [-0.3, -0.25) is 14.8 Å². The molecule has 2 aromatic carbocycles. The molecule has 0 saturated carbocycles. The second-order valence-corrected chi connectivity index (χ2v) is 7.06. The summed E-state index contributed by atoms with van der Waals surface area (Å²) in [5.41, 5.74) is -1.68. The van der Waals surface area contributed by atoms with Crippen molar-refractivity contribution in [3.8, 4) is 0 Å². The lowest BCUT2D eigenvalue weighted by Crippen LogP contribution is -2.16. The van der Waals surface area contributed by atoms with Crippen LogP contribution >= 0.6 is 0 Å². The monoisotopic (exact) mass is 374 g/mol. The number of hydrogen-bond acceptors (Lipinski definition) is 4. The van der Waals surface area contributed by atoms with Crippen molar-refractivity contribution < 1.29 is 26.5 Å². The molecular weight excluding hydrogens is 361 g/mol. The number of halogens is 3. The fourth-order valence-electron chi connectivity index (χ4n) is 2.11. The van der Waals surface area contributed by atoms with Gasteiger partial charge in [0.1, 0.15) is 5.56 Å². The Bertz CT molecular complexity index is 894. The molecule has 10 heteroatoms. The second-order valence-electron chi connectivity index (χ2n) is 5.33. The minimum Gasteiger partial charge on any atom is -0.283 e. The van der Waals surface area contributed by atoms with E-state index in [4.69, 9.17) is 0 Å². The Morgan fingerprint density at radius 3 is 2.24 bits per heavy atom. The summed E-state index contributed by atoms with van der Waals surface area (Å²) in [5, 5.41) is 10.7. The molecule has 0 atom stereocenters. The average Bonchev–Trinajstić information content (AvgIpc) is 2.47. The summed E-state index contributed by atoms with van der Waals surface area (Å²) in [6.45, 7) is 1.83. The Labute approximate surface area is 141 Å². The number of anilines is 1. The van der Waals surface area contributed by atoms with Crippen LogP contribution in [0.4, 0.5) is 24.5 Å². The Morgan fingerprint density at radius 1 is 1.12 bits per heavy atom. The smallest absolute Gasteiger partial charge is 0.283 e. The molecule has 2 rings (SSSR count). The van der Waals surface area contributed by atoms with Gasteiger partial charge in [-0.2, -0.15) is 13.2 Å². The summed E-state index contributed by atoms with van der Waals surface area (Å²) >= 11 is 0. The summed E-state index contributed by atoms with van der Waals surface area (Å²) in [7, 11) is -3.98. The Hall–Kier alpha value is -2.62. The zero-order chi connectivity index (χ0) is 18.8. The van der Waals surface area contributed by atoms with E-state index in [0.717, 1.165) is 11.6 Å². The lowest BCUT2D eigenvalue weighted by molar-refractivity contribution is -0.388. The van der Waals surface area contributed by atoms with Crippen LogP contribution in [0.2, 0.25) is 0 Å². The van der Waals surface area contributed by atoms with Gasteiger partial charge in [-0.05, 0) is 24.6 Å². The van der Waals surface area contributed by atoms with Gasteiger partial charge in [-0.1, -0.05) is 29.8 Å². The van der Waals surface area contributed by atoms with Gasteiger partial charge in [0.25, 0.3) is 5.69 Å². The van der Waals surface area contributed by atoms with Crippen LogP contribution < -0.4 is 4.72 Å². The first kappa shape index (κ1) is 18.7. The zero-order valence-electron chi connectivity index (χ0n) is 12.9. The molecule has 6 nitrogen and oxygen atoms in total. The molecular formula is C15H13F3N2O4S. The first-order chi connectivity index (χ1) is 11.5. The molecule has 0 aliphatic heterocycles. The minimum absolute atomic E-state index is 0.398. The molecule has 0 saturated heterocycles. The molecule has 0 amide bonds. The molecule has 0 aromatic heterocycles. The van der Waals surface area contributed by atoms with Gasteiger partial charge < -0.3 is 0 Å². The predicted molar refractivity (Wildman–Crippen MR) is 85.5 cm³/mol. The maximum Gasteiger partial charge on any atom is 0.423 e. The van der Waals surface area contributed by atoms with Gasteiger partial charge in [0, 0.05) is 11.8 Å². The maximum atomic E-state index is 12.9. The van der Waals surface area contributed by atoms with E-state index in [1.807, 2.05) is 11.6 Å². The van der Waals surface area contributed by atoms with Crippen LogP contribution in [0.3, 0.4) is 0 Å². The van der Waals surface area contributed by atoms with Crippen molar-refractivity contribution in [3.63, 3.8) is 0 Å². The number of nitrogens with one attached hydrogen (secondary N) is 1. The van der Waals surface area contributed by atoms with Crippen molar-refractivity contribution in [2.24, 2.45) is 0 Å². The van der Waals surface area contributed by atoms with E-state index >= 15 is 0 Å². The van der Waals surface area contributed by atoms with Gasteiger partial charge in [0.2, 0.25) is 10.0 Å². The number of sulfonamides is 1. The van der Waals surface area contributed by atoms with Crippen LogP contribution in [0.15, 0.2) is 42.5 Å². The third-order valence-electron chi connectivity index (χ3n) is 3.25. The van der Waals surface area contributed by atoms with E-state index in [2.05, 4.69) is 0 Å². The van der Waals surface area contributed by atoms with E-state index in [1.165, 1.54) is 0 Å². The minimum atomic E-state index is -4.99. The van der Waals surface area contributed by atoms with Crippen LogP contribution in [0.5, 0.6) is 0 Å². The highest BCUT2D eigenvalue weighted by molar-refractivity contribution is 7.91. The summed E-state index contributed by atoms with van der Waals surface area (Å²) < 4.78 is 65.0. The molecule has 0 unspecified atom stereocenters. The van der Waals surface area contributed by atoms with Crippen molar-refractivity contribution in [1.29, 1.82) is 0 Å². The van der Waals surface area contributed by atoms with Gasteiger partial charge in [-0.15, -0.1) is 0 Å². The molecule has 1 N–H and O–H groups in total. The lowest BCUT2D eigenvalue weighted by Gasteiger charge is -2.12. The lowest BCUT2D eigenvalue weighted by atomic mass is 10.1. The topological polar surface area (TPSA) is 89.3 Å². The Kier molecular flexibility index (Phi) is 5.02. The Morgan fingerprint density at radius 2 is 1.72 bits per heavy atom. The van der Waals surface area contributed by atoms with E-state index < -0.39 is 43.8 Å². The first-order valence-corrected chi connectivity index (χ1v) is 8.55. The van der Waals surface area contributed by atoms with Crippen molar-refractivity contribution in [3.05, 3.63) is 69.3 Å². The average molecular weight is 374 g/mol. The highest BCUT2D eigenvalue weighted by Gasteiger charge is 2.38. The maximum absolute atomic E-state index is 12.9. The quantitative estimate of drug-likeness (QED) is 0.636. The molecule has 25 heavy (non-hydrogen) atoms. The molecule has 0 aliphatic carbocycles. The molecule has 0 fully saturated rings. The second kappa shape index (κ2) is 6.71. The van der Waals surface area contributed by atoms with E-state index in [9.17, 15) is 31.7 Å². The highest BCUT2D eigenvalue weighted by atomic mass is 32.2. The van der Waals surface area contributed by atoms with Crippen LogP contribution in [0.1, 0.15) is 16.7 Å². The summed E-state index contributed by atoms with van der Waals surface area (Å²) in [6, 6.07) is 8.53. The number of nitrogens with zero attached hydrogens (tertiary/aromatic N) is 1. The third kappa shape index (κ3) is 4.92. The fourth-order valence-corrected chi connectivity index (χ4v) is 3.29. The fraction of sp³-hybridized carbons (Fsp3) is 0.200. The van der Waals surface area contributed by atoms with Gasteiger partial charge in [0.05, 0.1) is 10.7 Å². The summed E-state index contributed by atoms with van der Waals surface area (Å²) in [5.74, 6) is -0.439. The first-order valence-electron chi connectivity index (χ1n) is 6.89. The van der Waals surface area contributed by atoms with E-state index in [-0.39, 0.29) is 0 Å². The molecule has 0 bridgehead atoms. The van der Waals surface area contributed by atoms with Crippen molar-refractivity contribution >= 4 is 21.4 Å². The van der Waals surface area contributed by atoms with Crippen molar-refractivity contribution in [1.82, 2.24) is 0 Å². The van der Waals surface area contributed by atoms with Gasteiger partial charge in [0.15, 0.2) is 0 Å². The van der Waals surface area contributed by atoms with Crippen LogP contribution in [-0.4, -0.2) is 13.3 Å². The SMILES string of the molecule is Cc1ccc(CS(=O)(=O)Nc2ccc([N+](=O)[O-])c(C(F)(F)F)c2)cc1. The number of nitro groups is 1. The zero-order valence-corrected chi connectivity index (χ0v) is 13.7. The number of alkyl halides is 3. The predicted octanol–water partition coefficient (Wildman–Crippen LogP) is 3.86. The van der Waals surface area contributed by atoms with Gasteiger partial charge >= 0.3 is 6.18 Å². The number of rotatable bonds is 5. The third-order valence-corrected chi connectivity index (χ3v) is 4.51. The molecule has 0 aliphatic rings. The van der Waals surface area contributed by atoms with Crippen molar-refractivity contribution in [2.45, 2.75) is 18.9 Å². The molecule has 0 radical (unpaired) electrons. The van der Waals surface area contributed by atoms with Crippen LogP contribution in [-0.2, 0) is 22.0 Å². The van der Waals surface area contributed by atoms with Crippen molar-refractivity contribution in [2.75, 3.05) is 4.72 Å². The van der Waals surface area contributed by atoms with E-state index in [0.29, 0.717) is 17.7 Å². The van der Waals surface area contributed by atoms with Crippen LogP contribution in [0, 0.1) is 17.0 Å². The van der Waals surface area contributed by atoms with E-state index in [1.54, 1.807) is 24.3 Å². The molecule has 134 valence electrons. The highest BCUT2D eigenvalue weighted by Crippen LogP contribution is 2.37. The number of nitro benzene ring substituents is 1. The number of hydrogen-bond donors (Lipinski definition) is 1. The standard InChI is InChI=1S/C15H13F3N2O4S/c1-10-2-4-11(5-3-10)9-25(23,24)19-12-6-7-14(20(21)22)13(8-12)15(16,17)18/h2-8,19H,9H2,1H3. The molecule has 0 heterocycles. The largest absolute Gasteiger partial charge is 0.423 e.